The summed E-state index contributed by atoms with van der Waals surface area (Å²) in [7, 11) is 0. The molecule has 0 aromatic rings. The normalized spacial score (nSPS) is 31.0. The van der Waals surface area contributed by atoms with Crippen molar-refractivity contribution in [2.75, 3.05) is 19.8 Å². The average Bonchev–Trinajstić information content (AvgIpc) is 2.57. The third-order valence-corrected chi connectivity index (χ3v) is 3.76. The van der Waals surface area contributed by atoms with Crippen LogP contribution in [-0.4, -0.2) is 25.8 Å². The van der Waals surface area contributed by atoms with Crippen LogP contribution in [0.5, 0.6) is 0 Å². The first-order valence-electron chi connectivity index (χ1n) is 6.60. The first kappa shape index (κ1) is 13.0. The van der Waals surface area contributed by atoms with E-state index in [0.717, 1.165) is 37.6 Å². The van der Waals surface area contributed by atoms with Crippen LogP contribution in [0.3, 0.4) is 0 Å². The van der Waals surface area contributed by atoms with Gasteiger partial charge in [-0.25, -0.2) is 0 Å². The summed E-state index contributed by atoms with van der Waals surface area (Å²) in [6, 6.07) is 0.770. The Hall–Kier alpha value is -0.0800. The van der Waals surface area contributed by atoms with Crippen molar-refractivity contribution in [1.29, 1.82) is 0 Å². The van der Waals surface area contributed by atoms with E-state index in [1.165, 1.54) is 25.7 Å². The minimum absolute atomic E-state index is 0.770. The fourth-order valence-electron chi connectivity index (χ4n) is 2.80. The molecule has 0 aliphatic heterocycles. The summed E-state index contributed by atoms with van der Waals surface area (Å²) in [5.41, 5.74) is 0. The molecule has 1 N–H and O–H groups in total. The Morgan fingerprint density at radius 1 is 1.27 bits per heavy atom. The van der Waals surface area contributed by atoms with Gasteiger partial charge in [-0.3, -0.25) is 0 Å². The monoisotopic (exact) mass is 213 g/mol. The zero-order chi connectivity index (χ0) is 11.1. The average molecular weight is 213 g/mol. The molecule has 0 heterocycles. The number of hydrogen-bond donors (Lipinski definition) is 1. The summed E-state index contributed by atoms with van der Waals surface area (Å²) in [4.78, 5) is 0. The van der Waals surface area contributed by atoms with Crippen LogP contribution in [0.1, 0.15) is 46.5 Å². The molecule has 2 nitrogen and oxygen atoms in total. The molecule has 1 aliphatic carbocycles. The van der Waals surface area contributed by atoms with E-state index < -0.39 is 0 Å². The maximum absolute atomic E-state index is 5.39. The highest BCUT2D eigenvalue weighted by Crippen LogP contribution is 2.34. The Morgan fingerprint density at radius 2 is 2.07 bits per heavy atom. The van der Waals surface area contributed by atoms with Gasteiger partial charge in [-0.2, -0.15) is 0 Å². The molecule has 3 atom stereocenters. The predicted molar refractivity (Wildman–Crippen MR) is 65.1 cm³/mol. The molecule has 0 aromatic carbocycles. The van der Waals surface area contributed by atoms with Crippen molar-refractivity contribution in [3.05, 3.63) is 0 Å². The second kappa shape index (κ2) is 7.24. The fraction of sp³-hybridized carbons (Fsp3) is 1.00. The van der Waals surface area contributed by atoms with Gasteiger partial charge in [0.1, 0.15) is 0 Å². The molecule has 90 valence electrons. The lowest BCUT2D eigenvalue weighted by Crippen LogP contribution is -2.32. The van der Waals surface area contributed by atoms with Crippen molar-refractivity contribution >= 4 is 0 Å². The first-order chi connectivity index (χ1) is 7.29. The van der Waals surface area contributed by atoms with Crippen LogP contribution in [0, 0.1) is 11.8 Å². The van der Waals surface area contributed by atoms with E-state index in [0.29, 0.717) is 0 Å². The SMILES string of the molecule is CCNC1CCC(CCCOCC)C1C. The molecule has 0 saturated heterocycles. The minimum Gasteiger partial charge on any atom is -0.382 e. The van der Waals surface area contributed by atoms with Crippen molar-refractivity contribution in [2.24, 2.45) is 11.8 Å². The Bertz CT molecular complexity index is 161. The molecular weight excluding hydrogens is 186 g/mol. The smallest absolute Gasteiger partial charge is 0.0465 e. The predicted octanol–water partition coefficient (Wildman–Crippen LogP) is 2.83. The van der Waals surface area contributed by atoms with Crippen molar-refractivity contribution in [3.8, 4) is 0 Å². The Kier molecular flexibility index (Phi) is 6.26. The molecule has 2 heteroatoms. The molecule has 1 saturated carbocycles. The molecule has 0 bridgehead atoms. The molecule has 15 heavy (non-hydrogen) atoms. The number of ether oxygens (including phenoxy) is 1. The summed E-state index contributed by atoms with van der Waals surface area (Å²) >= 11 is 0. The van der Waals surface area contributed by atoms with Crippen molar-refractivity contribution in [1.82, 2.24) is 5.32 Å². The van der Waals surface area contributed by atoms with E-state index in [-0.39, 0.29) is 0 Å². The summed E-state index contributed by atoms with van der Waals surface area (Å²) in [6.07, 6.45) is 5.37. The van der Waals surface area contributed by atoms with Crippen LogP contribution in [-0.2, 0) is 4.74 Å². The quantitative estimate of drug-likeness (QED) is 0.657. The van der Waals surface area contributed by atoms with Gasteiger partial charge in [-0.05, 0) is 51.0 Å². The lowest BCUT2D eigenvalue weighted by Gasteiger charge is -2.21. The summed E-state index contributed by atoms with van der Waals surface area (Å²) < 4.78 is 5.39. The number of nitrogens with one attached hydrogen (secondary N) is 1. The van der Waals surface area contributed by atoms with Gasteiger partial charge in [-0.15, -0.1) is 0 Å². The molecule has 1 aliphatic rings. The molecule has 3 unspecified atom stereocenters. The van der Waals surface area contributed by atoms with Crippen LogP contribution in [0.15, 0.2) is 0 Å². The van der Waals surface area contributed by atoms with Gasteiger partial charge in [0.25, 0.3) is 0 Å². The number of hydrogen-bond acceptors (Lipinski definition) is 2. The Labute approximate surface area is 94.8 Å². The van der Waals surface area contributed by atoms with Crippen molar-refractivity contribution in [2.45, 2.75) is 52.5 Å². The lowest BCUT2D eigenvalue weighted by molar-refractivity contribution is 0.137. The second-order valence-corrected chi connectivity index (χ2v) is 4.70. The van der Waals surface area contributed by atoms with Gasteiger partial charge in [0.2, 0.25) is 0 Å². The van der Waals surface area contributed by atoms with E-state index in [4.69, 9.17) is 4.74 Å². The van der Waals surface area contributed by atoms with E-state index in [9.17, 15) is 0 Å². The lowest BCUT2D eigenvalue weighted by atomic mass is 9.91. The topological polar surface area (TPSA) is 21.3 Å². The number of rotatable bonds is 7. The third-order valence-electron chi connectivity index (χ3n) is 3.76. The second-order valence-electron chi connectivity index (χ2n) is 4.70. The maximum atomic E-state index is 5.39. The highest BCUT2D eigenvalue weighted by molar-refractivity contribution is 4.86. The van der Waals surface area contributed by atoms with Crippen LogP contribution in [0.2, 0.25) is 0 Å². The summed E-state index contributed by atoms with van der Waals surface area (Å²) in [5.74, 6) is 1.78. The van der Waals surface area contributed by atoms with Crippen molar-refractivity contribution in [3.63, 3.8) is 0 Å². The third kappa shape index (κ3) is 4.12. The Balaban J connectivity index is 2.15. The molecule has 0 amide bonds. The maximum Gasteiger partial charge on any atom is 0.0465 e. The van der Waals surface area contributed by atoms with E-state index in [2.05, 4.69) is 26.1 Å². The largest absolute Gasteiger partial charge is 0.382 e. The van der Waals surface area contributed by atoms with E-state index >= 15 is 0 Å². The summed E-state index contributed by atoms with van der Waals surface area (Å²) in [5, 5.41) is 3.59. The van der Waals surface area contributed by atoms with Crippen LogP contribution >= 0.6 is 0 Å². The van der Waals surface area contributed by atoms with E-state index in [1.807, 2.05) is 0 Å². The molecule has 1 rings (SSSR count). The van der Waals surface area contributed by atoms with Crippen LogP contribution < -0.4 is 5.32 Å². The minimum atomic E-state index is 0.770. The standard InChI is InChI=1S/C13H27NO/c1-4-14-13-9-8-12(11(13)3)7-6-10-15-5-2/h11-14H,4-10H2,1-3H3. The van der Waals surface area contributed by atoms with Gasteiger partial charge in [0, 0.05) is 19.3 Å². The molecular formula is C13H27NO. The highest BCUT2D eigenvalue weighted by atomic mass is 16.5. The van der Waals surface area contributed by atoms with Crippen LogP contribution in [0.4, 0.5) is 0 Å². The first-order valence-corrected chi connectivity index (χ1v) is 6.60. The van der Waals surface area contributed by atoms with Gasteiger partial charge in [0.15, 0.2) is 0 Å². The van der Waals surface area contributed by atoms with Gasteiger partial charge >= 0.3 is 0 Å². The van der Waals surface area contributed by atoms with Gasteiger partial charge in [-0.1, -0.05) is 13.8 Å². The summed E-state index contributed by atoms with van der Waals surface area (Å²) in [6.45, 7) is 9.60. The molecule has 0 radical (unpaired) electrons. The molecule has 0 aromatic heterocycles. The van der Waals surface area contributed by atoms with Gasteiger partial charge < -0.3 is 10.1 Å². The van der Waals surface area contributed by atoms with E-state index in [1.54, 1.807) is 0 Å². The molecule has 1 fully saturated rings. The zero-order valence-electron chi connectivity index (χ0n) is 10.6. The Morgan fingerprint density at radius 3 is 2.73 bits per heavy atom. The van der Waals surface area contributed by atoms with Crippen molar-refractivity contribution < 1.29 is 4.74 Å². The van der Waals surface area contributed by atoms with Crippen LogP contribution in [0.25, 0.3) is 0 Å². The fourth-order valence-corrected chi connectivity index (χ4v) is 2.80. The molecule has 0 spiro atoms. The zero-order valence-corrected chi connectivity index (χ0v) is 10.6. The van der Waals surface area contributed by atoms with Gasteiger partial charge in [0.05, 0.1) is 0 Å². The highest BCUT2D eigenvalue weighted by Gasteiger charge is 2.31.